The molecule has 0 amide bonds. The van der Waals surface area contributed by atoms with Crippen molar-refractivity contribution in [2.75, 3.05) is 13.2 Å². The number of aryl methyl sites for hydroxylation is 1. The van der Waals surface area contributed by atoms with Crippen LogP contribution in [0.1, 0.15) is 17.0 Å². The lowest BCUT2D eigenvalue weighted by Crippen LogP contribution is -2.26. The van der Waals surface area contributed by atoms with Gasteiger partial charge >= 0.3 is 0 Å². The summed E-state index contributed by atoms with van der Waals surface area (Å²) in [5.41, 5.74) is 2.97. The summed E-state index contributed by atoms with van der Waals surface area (Å²) in [7, 11) is 0. The van der Waals surface area contributed by atoms with Crippen LogP contribution >= 0.6 is 0 Å². The van der Waals surface area contributed by atoms with E-state index in [-0.39, 0.29) is 6.61 Å². The van der Waals surface area contributed by atoms with E-state index >= 15 is 0 Å². The lowest BCUT2D eigenvalue weighted by Gasteiger charge is -2.20. The standard InChI is InChI=1S/C19H21N3O2/c1-15-18(21-19(24-15)17-7-3-2-4-8-17)14-22(10-11-23)13-16-6-5-9-20-12-16/h2-9,12,23H,10-11,13-14H2,1H3. The maximum absolute atomic E-state index is 9.34. The zero-order chi connectivity index (χ0) is 16.8. The van der Waals surface area contributed by atoms with E-state index in [9.17, 15) is 5.11 Å². The quantitative estimate of drug-likeness (QED) is 0.724. The van der Waals surface area contributed by atoms with Gasteiger partial charge in [0.25, 0.3) is 0 Å². The minimum Gasteiger partial charge on any atom is -0.441 e. The second kappa shape index (κ2) is 7.86. The fourth-order valence-electron chi connectivity index (χ4n) is 2.60. The van der Waals surface area contributed by atoms with Crippen LogP contribution in [0.4, 0.5) is 0 Å². The van der Waals surface area contributed by atoms with Crippen LogP contribution in [0.15, 0.2) is 59.3 Å². The summed E-state index contributed by atoms with van der Waals surface area (Å²) in [4.78, 5) is 10.9. The van der Waals surface area contributed by atoms with Crippen molar-refractivity contribution in [2.45, 2.75) is 20.0 Å². The summed E-state index contributed by atoms with van der Waals surface area (Å²) in [6.07, 6.45) is 3.60. The van der Waals surface area contributed by atoms with Crippen LogP contribution in [0.5, 0.6) is 0 Å². The molecule has 0 radical (unpaired) electrons. The van der Waals surface area contributed by atoms with Gasteiger partial charge < -0.3 is 9.52 Å². The highest BCUT2D eigenvalue weighted by molar-refractivity contribution is 5.53. The molecule has 2 aromatic heterocycles. The van der Waals surface area contributed by atoms with Gasteiger partial charge in [0.05, 0.1) is 12.3 Å². The van der Waals surface area contributed by atoms with Gasteiger partial charge in [0.15, 0.2) is 0 Å². The van der Waals surface area contributed by atoms with Crippen LogP contribution in [-0.2, 0) is 13.1 Å². The van der Waals surface area contributed by atoms with Crippen LogP contribution in [-0.4, -0.2) is 33.1 Å². The predicted octanol–water partition coefficient (Wildman–Crippen LogP) is 3.04. The molecule has 0 fully saturated rings. The van der Waals surface area contributed by atoms with Gasteiger partial charge in [-0.05, 0) is 30.7 Å². The highest BCUT2D eigenvalue weighted by Crippen LogP contribution is 2.22. The van der Waals surface area contributed by atoms with Crippen LogP contribution in [0.2, 0.25) is 0 Å². The number of benzene rings is 1. The molecular weight excluding hydrogens is 302 g/mol. The molecule has 0 aliphatic heterocycles. The lowest BCUT2D eigenvalue weighted by molar-refractivity contribution is 0.182. The molecule has 0 unspecified atom stereocenters. The molecule has 2 heterocycles. The maximum Gasteiger partial charge on any atom is 0.226 e. The highest BCUT2D eigenvalue weighted by atomic mass is 16.4. The predicted molar refractivity (Wildman–Crippen MR) is 92.1 cm³/mol. The number of pyridine rings is 1. The average Bonchev–Trinajstić information content (AvgIpc) is 2.98. The van der Waals surface area contributed by atoms with E-state index in [4.69, 9.17) is 4.42 Å². The molecule has 0 saturated heterocycles. The van der Waals surface area contributed by atoms with Gasteiger partial charge in [0.2, 0.25) is 5.89 Å². The van der Waals surface area contributed by atoms with Crippen LogP contribution < -0.4 is 0 Å². The monoisotopic (exact) mass is 323 g/mol. The molecule has 1 N–H and O–H groups in total. The van der Waals surface area contributed by atoms with Crippen molar-refractivity contribution >= 4 is 0 Å². The molecule has 5 heteroatoms. The van der Waals surface area contributed by atoms with E-state index in [1.54, 1.807) is 6.20 Å². The van der Waals surface area contributed by atoms with Gasteiger partial charge in [-0.1, -0.05) is 24.3 Å². The largest absolute Gasteiger partial charge is 0.441 e. The molecule has 0 atom stereocenters. The van der Waals surface area contributed by atoms with Crippen LogP contribution in [0, 0.1) is 6.92 Å². The molecule has 1 aromatic carbocycles. The Morgan fingerprint density at radius 1 is 1.08 bits per heavy atom. The Kier molecular flexibility index (Phi) is 5.36. The number of rotatable bonds is 7. The van der Waals surface area contributed by atoms with E-state index in [0.29, 0.717) is 25.5 Å². The van der Waals surface area contributed by atoms with E-state index in [2.05, 4.69) is 14.9 Å². The molecule has 3 rings (SSSR count). The first kappa shape index (κ1) is 16.4. The lowest BCUT2D eigenvalue weighted by atomic mass is 10.2. The Labute approximate surface area is 141 Å². The topological polar surface area (TPSA) is 62.4 Å². The summed E-state index contributed by atoms with van der Waals surface area (Å²) < 4.78 is 5.82. The number of hydrogen-bond acceptors (Lipinski definition) is 5. The van der Waals surface area contributed by atoms with Gasteiger partial charge in [-0.2, -0.15) is 0 Å². The number of aliphatic hydroxyl groups excluding tert-OH is 1. The smallest absolute Gasteiger partial charge is 0.226 e. The average molecular weight is 323 g/mol. The van der Waals surface area contributed by atoms with Crippen molar-refractivity contribution in [1.29, 1.82) is 0 Å². The summed E-state index contributed by atoms with van der Waals surface area (Å²) in [6, 6.07) is 13.8. The molecule has 0 aliphatic rings. The molecule has 0 spiro atoms. The molecule has 5 nitrogen and oxygen atoms in total. The first-order valence-electron chi connectivity index (χ1n) is 8.00. The van der Waals surface area contributed by atoms with Crippen LogP contribution in [0.3, 0.4) is 0 Å². The second-order valence-electron chi connectivity index (χ2n) is 5.68. The van der Waals surface area contributed by atoms with Crippen molar-refractivity contribution in [3.05, 3.63) is 71.9 Å². The van der Waals surface area contributed by atoms with Crippen molar-refractivity contribution in [1.82, 2.24) is 14.9 Å². The Hall–Kier alpha value is -2.50. The molecular formula is C19H21N3O2. The van der Waals surface area contributed by atoms with Gasteiger partial charge in [-0.15, -0.1) is 0 Å². The zero-order valence-corrected chi connectivity index (χ0v) is 13.7. The third-order valence-corrected chi connectivity index (χ3v) is 3.83. The number of aliphatic hydroxyl groups is 1. The Bertz CT molecular complexity index is 757. The summed E-state index contributed by atoms with van der Waals surface area (Å²) in [5.74, 6) is 1.44. The van der Waals surface area contributed by atoms with Crippen molar-refractivity contribution in [3.8, 4) is 11.5 Å². The Morgan fingerprint density at radius 2 is 1.92 bits per heavy atom. The minimum absolute atomic E-state index is 0.0999. The summed E-state index contributed by atoms with van der Waals surface area (Å²) in [6.45, 7) is 3.93. The number of aromatic nitrogens is 2. The number of hydrogen-bond donors (Lipinski definition) is 1. The normalized spacial score (nSPS) is 11.1. The van der Waals surface area contributed by atoms with Crippen LogP contribution in [0.25, 0.3) is 11.5 Å². The molecule has 0 bridgehead atoms. The van der Waals surface area contributed by atoms with Crippen molar-refractivity contribution < 1.29 is 9.52 Å². The van der Waals surface area contributed by atoms with Crippen molar-refractivity contribution in [2.24, 2.45) is 0 Å². The zero-order valence-electron chi connectivity index (χ0n) is 13.7. The molecule has 24 heavy (non-hydrogen) atoms. The Balaban J connectivity index is 1.76. The number of nitrogens with zero attached hydrogens (tertiary/aromatic N) is 3. The highest BCUT2D eigenvalue weighted by Gasteiger charge is 2.15. The minimum atomic E-state index is 0.0999. The SMILES string of the molecule is Cc1oc(-c2ccccc2)nc1CN(CCO)Cc1cccnc1. The Morgan fingerprint density at radius 3 is 2.62 bits per heavy atom. The van der Waals surface area contributed by atoms with E-state index in [1.807, 2.05) is 55.6 Å². The first-order valence-corrected chi connectivity index (χ1v) is 8.00. The molecule has 3 aromatic rings. The van der Waals surface area contributed by atoms with Crippen molar-refractivity contribution in [3.63, 3.8) is 0 Å². The maximum atomic E-state index is 9.34. The molecule has 0 saturated carbocycles. The molecule has 124 valence electrons. The molecule has 0 aliphatic carbocycles. The second-order valence-corrected chi connectivity index (χ2v) is 5.68. The fraction of sp³-hybridized carbons (Fsp3) is 0.263. The summed E-state index contributed by atoms with van der Waals surface area (Å²) >= 11 is 0. The van der Waals surface area contributed by atoms with Gasteiger partial charge in [-0.3, -0.25) is 9.88 Å². The van der Waals surface area contributed by atoms with Gasteiger partial charge in [0, 0.05) is 37.6 Å². The third kappa shape index (κ3) is 4.07. The number of oxazole rings is 1. The van der Waals surface area contributed by atoms with Gasteiger partial charge in [-0.25, -0.2) is 4.98 Å². The van der Waals surface area contributed by atoms with E-state index in [1.165, 1.54) is 0 Å². The van der Waals surface area contributed by atoms with Gasteiger partial charge in [0.1, 0.15) is 5.76 Å². The third-order valence-electron chi connectivity index (χ3n) is 3.83. The first-order chi connectivity index (χ1) is 11.8. The summed E-state index contributed by atoms with van der Waals surface area (Å²) in [5, 5.41) is 9.34. The fourth-order valence-corrected chi connectivity index (χ4v) is 2.60. The van der Waals surface area contributed by atoms with E-state index < -0.39 is 0 Å². The van der Waals surface area contributed by atoms with E-state index in [0.717, 1.165) is 22.6 Å².